The van der Waals surface area contributed by atoms with Gasteiger partial charge in [-0.2, -0.15) is 13.2 Å². The van der Waals surface area contributed by atoms with Crippen LogP contribution in [0.25, 0.3) is 0 Å². The smallest absolute Gasteiger partial charge is 0.443 e. The van der Waals surface area contributed by atoms with Crippen LogP contribution in [-0.2, 0) is 38.1 Å². The van der Waals surface area contributed by atoms with Crippen molar-refractivity contribution >= 4 is 23.7 Å². The van der Waals surface area contributed by atoms with Crippen LogP contribution < -0.4 is 11.1 Å². The highest BCUT2D eigenvalue weighted by Crippen LogP contribution is 2.17. The molecule has 0 saturated carbocycles. The Kier molecular flexibility index (Phi) is 11.7. The van der Waals surface area contributed by atoms with Gasteiger partial charge in [0, 0.05) is 25.2 Å². The van der Waals surface area contributed by atoms with Crippen LogP contribution in [0.4, 0.5) is 13.2 Å². The Balaban J connectivity index is 2.16. The van der Waals surface area contributed by atoms with Crippen LogP contribution in [0.1, 0.15) is 0 Å². The van der Waals surface area contributed by atoms with Crippen molar-refractivity contribution in [3.63, 3.8) is 0 Å². The molecule has 1 aliphatic rings. The van der Waals surface area contributed by atoms with E-state index in [-0.39, 0.29) is 52.7 Å². The quantitative estimate of drug-likeness (QED) is 0.171. The van der Waals surface area contributed by atoms with Crippen molar-refractivity contribution in [3.05, 3.63) is 12.2 Å². The summed E-state index contributed by atoms with van der Waals surface area (Å²) in [5, 5.41) is 2.21. The SMILES string of the molecule is NCCNC(=O)C(COCCOCCOCCN1C(=O)C=CC1=O)OC(=O)C(F)(F)F. The lowest BCUT2D eigenvalue weighted by molar-refractivity contribution is -0.207. The first-order valence-corrected chi connectivity index (χ1v) is 9.19. The van der Waals surface area contributed by atoms with E-state index in [2.05, 4.69) is 10.1 Å². The van der Waals surface area contributed by atoms with Crippen LogP contribution in [0.3, 0.4) is 0 Å². The fourth-order valence-corrected chi connectivity index (χ4v) is 2.11. The Morgan fingerprint density at radius 3 is 2.10 bits per heavy atom. The molecule has 0 bridgehead atoms. The predicted octanol–water partition coefficient (Wildman–Crippen LogP) is -1.49. The van der Waals surface area contributed by atoms with E-state index >= 15 is 0 Å². The Morgan fingerprint density at radius 2 is 1.55 bits per heavy atom. The number of nitrogens with one attached hydrogen (secondary N) is 1. The van der Waals surface area contributed by atoms with Gasteiger partial charge in [-0.05, 0) is 0 Å². The number of carbonyl (C=O) groups excluding carboxylic acids is 4. The molecule has 176 valence electrons. The maximum absolute atomic E-state index is 12.3. The van der Waals surface area contributed by atoms with Crippen molar-refractivity contribution in [2.75, 3.05) is 59.3 Å². The average Bonchev–Trinajstić information content (AvgIpc) is 3.03. The van der Waals surface area contributed by atoms with Gasteiger partial charge in [-0.3, -0.25) is 19.3 Å². The fraction of sp³-hybridized carbons (Fsp3) is 0.647. The van der Waals surface area contributed by atoms with Gasteiger partial charge in [0.05, 0.1) is 46.2 Å². The minimum atomic E-state index is -5.25. The molecule has 1 rings (SSSR count). The number of hydrogen-bond donors (Lipinski definition) is 2. The van der Waals surface area contributed by atoms with E-state index in [1.165, 1.54) is 12.2 Å². The van der Waals surface area contributed by atoms with Crippen LogP contribution in [0.2, 0.25) is 0 Å². The number of ether oxygens (including phenoxy) is 4. The summed E-state index contributed by atoms with van der Waals surface area (Å²) in [6, 6.07) is 0. The molecule has 1 atom stereocenters. The zero-order chi connectivity index (χ0) is 23.3. The summed E-state index contributed by atoms with van der Waals surface area (Å²) in [5.41, 5.74) is 5.19. The number of nitrogens with two attached hydrogens (primary N) is 1. The number of nitrogens with zero attached hydrogens (tertiary/aromatic N) is 1. The lowest BCUT2D eigenvalue weighted by Crippen LogP contribution is -2.44. The van der Waals surface area contributed by atoms with Gasteiger partial charge in [0.15, 0.2) is 0 Å². The molecule has 0 radical (unpaired) electrons. The van der Waals surface area contributed by atoms with Crippen LogP contribution in [0, 0.1) is 0 Å². The van der Waals surface area contributed by atoms with E-state index in [1.54, 1.807) is 0 Å². The third-order valence-corrected chi connectivity index (χ3v) is 3.59. The van der Waals surface area contributed by atoms with Crippen LogP contribution in [-0.4, -0.2) is 100 Å². The van der Waals surface area contributed by atoms with Gasteiger partial charge in [0.2, 0.25) is 6.10 Å². The number of esters is 1. The zero-order valence-electron chi connectivity index (χ0n) is 16.5. The minimum absolute atomic E-state index is 0.0153. The van der Waals surface area contributed by atoms with E-state index in [1.807, 2.05) is 0 Å². The molecule has 0 spiro atoms. The lowest BCUT2D eigenvalue weighted by Gasteiger charge is -2.18. The highest BCUT2D eigenvalue weighted by Gasteiger charge is 2.43. The molecule has 0 fully saturated rings. The second-order valence-electron chi connectivity index (χ2n) is 5.93. The van der Waals surface area contributed by atoms with Crippen molar-refractivity contribution < 1.29 is 51.3 Å². The molecule has 14 heteroatoms. The summed E-state index contributed by atoms with van der Waals surface area (Å²) in [6.07, 6.45) is -4.71. The van der Waals surface area contributed by atoms with Crippen LogP contribution in [0.15, 0.2) is 12.2 Å². The second-order valence-corrected chi connectivity index (χ2v) is 5.93. The highest BCUT2D eigenvalue weighted by atomic mass is 19.4. The molecule has 11 nitrogen and oxygen atoms in total. The molecule has 0 aromatic heterocycles. The van der Waals surface area contributed by atoms with Gasteiger partial charge in [-0.25, -0.2) is 4.79 Å². The molecular formula is C17H24F3N3O8. The summed E-state index contributed by atoms with van der Waals surface area (Å²) in [6.45, 7) is -0.0921. The normalized spacial score (nSPS) is 14.8. The third kappa shape index (κ3) is 10.3. The second kappa shape index (κ2) is 13.7. The topological polar surface area (TPSA) is 146 Å². The zero-order valence-corrected chi connectivity index (χ0v) is 16.5. The van der Waals surface area contributed by atoms with Crippen molar-refractivity contribution in [3.8, 4) is 0 Å². The predicted molar refractivity (Wildman–Crippen MR) is 96.3 cm³/mol. The van der Waals surface area contributed by atoms with Gasteiger partial charge in [-0.15, -0.1) is 0 Å². The Hall–Kier alpha value is -2.55. The van der Waals surface area contributed by atoms with Crippen molar-refractivity contribution in [1.82, 2.24) is 10.2 Å². The Bertz CT molecular complexity index is 639. The number of halogens is 3. The van der Waals surface area contributed by atoms with E-state index in [0.29, 0.717) is 0 Å². The van der Waals surface area contributed by atoms with Crippen molar-refractivity contribution in [2.24, 2.45) is 5.73 Å². The number of hydrogen-bond acceptors (Lipinski definition) is 9. The number of amides is 3. The van der Waals surface area contributed by atoms with Gasteiger partial charge >= 0.3 is 12.1 Å². The molecule has 0 aromatic carbocycles. The third-order valence-electron chi connectivity index (χ3n) is 3.59. The molecule has 1 unspecified atom stereocenters. The molecule has 3 N–H and O–H groups in total. The van der Waals surface area contributed by atoms with Gasteiger partial charge < -0.3 is 30.0 Å². The number of carbonyl (C=O) groups is 4. The van der Waals surface area contributed by atoms with Gasteiger partial charge in [0.25, 0.3) is 17.7 Å². The summed E-state index contributed by atoms with van der Waals surface area (Å²) in [5.74, 6) is -4.29. The van der Waals surface area contributed by atoms with Crippen LogP contribution in [0.5, 0.6) is 0 Å². The molecular weight excluding hydrogens is 431 g/mol. The summed E-state index contributed by atoms with van der Waals surface area (Å²) in [4.78, 5) is 46.4. The first-order chi connectivity index (χ1) is 14.7. The summed E-state index contributed by atoms with van der Waals surface area (Å²) >= 11 is 0. The molecule has 0 aromatic rings. The Labute approximate surface area is 175 Å². The molecule has 31 heavy (non-hydrogen) atoms. The molecule has 1 aliphatic heterocycles. The highest BCUT2D eigenvalue weighted by molar-refractivity contribution is 6.12. The minimum Gasteiger partial charge on any atom is -0.443 e. The number of rotatable bonds is 15. The summed E-state index contributed by atoms with van der Waals surface area (Å²) in [7, 11) is 0. The average molecular weight is 455 g/mol. The van der Waals surface area contributed by atoms with Crippen molar-refractivity contribution in [2.45, 2.75) is 12.3 Å². The fourth-order valence-electron chi connectivity index (χ4n) is 2.11. The van der Waals surface area contributed by atoms with Gasteiger partial charge in [0.1, 0.15) is 0 Å². The first-order valence-electron chi connectivity index (χ1n) is 9.19. The van der Waals surface area contributed by atoms with E-state index in [4.69, 9.17) is 19.9 Å². The standard InChI is InChI=1S/C17H24F3N3O8/c18-17(19,20)16(27)31-12(15(26)22-4-3-21)11-30-10-9-29-8-7-28-6-5-23-13(24)1-2-14(23)25/h1-2,12H,3-11,21H2,(H,22,26). The molecule has 3 amide bonds. The number of alkyl halides is 3. The molecule has 0 aliphatic carbocycles. The molecule has 1 heterocycles. The Morgan fingerprint density at radius 1 is 1.00 bits per heavy atom. The first kappa shape index (κ1) is 26.5. The monoisotopic (exact) mass is 455 g/mol. The summed E-state index contributed by atoms with van der Waals surface area (Å²) < 4.78 is 56.6. The largest absolute Gasteiger partial charge is 0.490 e. The maximum atomic E-state index is 12.3. The van der Waals surface area contributed by atoms with E-state index in [9.17, 15) is 32.3 Å². The number of imide groups is 1. The van der Waals surface area contributed by atoms with Crippen molar-refractivity contribution in [1.29, 1.82) is 0 Å². The van der Waals surface area contributed by atoms with E-state index < -0.39 is 42.6 Å². The van der Waals surface area contributed by atoms with Crippen LogP contribution >= 0.6 is 0 Å². The van der Waals surface area contributed by atoms with E-state index in [0.717, 1.165) is 4.90 Å². The molecule has 0 saturated heterocycles. The van der Waals surface area contributed by atoms with Gasteiger partial charge in [-0.1, -0.05) is 0 Å². The maximum Gasteiger partial charge on any atom is 0.490 e. The lowest BCUT2D eigenvalue weighted by atomic mass is 10.3.